The average molecular weight is 271 g/mol. The Morgan fingerprint density at radius 2 is 2.20 bits per heavy atom. The maximum absolute atomic E-state index is 13.3. The van der Waals surface area contributed by atoms with Gasteiger partial charge in [-0.05, 0) is 46.6 Å². The van der Waals surface area contributed by atoms with Crippen molar-refractivity contribution in [2.45, 2.75) is 6.42 Å². The summed E-state index contributed by atoms with van der Waals surface area (Å²) in [5, 5.41) is 0.940. The van der Waals surface area contributed by atoms with Gasteiger partial charge in [0.05, 0.1) is 5.52 Å². The van der Waals surface area contributed by atoms with Gasteiger partial charge >= 0.3 is 0 Å². The van der Waals surface area contributed by atoms with Crippen molar-refractivity contribution >= 4 is 26.8 Å². The Labute approximate surface area is 96.0 Å². The molecule has 15 heavy (non-hydrogen) atoms. The average Bonchev–Trinajstić information content (AvgIpc) is 2.43. The van der Waals surface area contributed by atoms with E-state index in [0.717, 1.165) is 27.4 Å². The van der Waals surface area contributed by atoms with Crippen molar-refractivity contribution in [1.29, 1.82) is 0 Å². The molecular formula is C11H12BrFN2. The van der Waals surface area contributed by atoms with Crippen LogP contribution in [0.1, 0.15) is 5.56 Å². The number of rotatable bonds is 2. The maximum Gasteiger partial charge on any atom is 0.125 e. The van der Waals surface area contributed by atoms with Gasteiger partial charge in [-0.25, -0.2) is 4.39 Å². The Hall–Kier alpha value is -0.870. The molecule has 0 aliphatic rings. The molecule has 2 aromatic rings. The van der Waals surface area contributed by atoms with Crippen molar-refractivity contribution in [3.63, 3.8) is 0 Å². The highest BCUT2D eigenvalue weighted by Gasteiger charge is 2.10. The van der Waals surface area contributed by atoms with Crippen LogP contribution in [0.5, 0.6) is 0 Å². The van der Waals surface area contributed by atoms with Crippen molar-refractivity contribution in [3.05, 3.63) is 34.2 Å². The lowest BCUT2D eigenvalue weighted by Crippen LogP contribution is -2.01. The minimum absolute atomic E-state index is 0.223. The van der Waals surface area contributed by atoms with Gasteiger partial charge in [0.2, 0.25) is 0 Å². The fourth-order valence-electron chi connectivity index (χ4n) is 1.89. The summed E-state index contributed by atoms with van der Waals surface area (Å²) in [6.07, 6.45) is 2.77. The quantitative estimate of drug-likeness (QED) is 0.894. The van der Waals surface area contributed by atoms with Crippen molar-refractivity contribution in [3.8, 4) is 0 Å². The van der Waals surface area contributed by atoms with Gasteiger partial charge in [0.15, 0.2) is 0 Å². The van der Waals surface area contributed by atoms with Gasteiger partial charge in [0.1, 0.15) is 5.82 Å². The first-order chi connectivity index (χ1) is 7.13. The lowest BCUT2D eigenvalue weighted by atomic mass is 10.1. The fourth-order valence-corrected chi connectivity index (χ4v) is 2.60. The summed E-state index contributed by atoms with van der Waals surface area (Å²) in [4.78, 5) is 0. The molecule has 80 valence electrons. The predicted octanol–water partition coefficient (Wildman–Crippen LogP) is 2.58. The molecule has 1 aromatic carbocycles. The molecule has 0 amide bonds. The zero-order valence-corrected chi connectivity index (χ0v) is 10.0. The van der Waals surface area contributed by atoms with Crippen LogP contribution in [0.25, 0.3) is 10.9 Å². The van der Waals surface area contributed by atoms with E-state index in [2.05, 4.69) is 15.9 Å². The summed E-state index contributed by atoms with van der Waals surface area (Å²) < 4.78 is 16.0. The smallest absolute Gasteiger partial charge is 0.125 e. The van der Waals surface area contributed by atoms with E-state index in [1.165, 1.54) is 6.07 Å². The van der Waals surface area contributed by atoms with Crippen molar-refractivity contribution in [2.24, 2.45) is 12.8 Å². The predicted molar refractivity (Wildman–Crippen MR) is 63.3 cm³/mol. The first-order valence-corrected chi connectivity index (χ1v) is 5.56. The molecule has 2 N–H and O–H groups in total. The standard InChI is InChI=1S/C11H12BrFN2/c1-15-6-7(2-3-14)9-4-8(13)5-10(12)11(9)15/h4-6H,2-3,14H2,1H3. The number of fused-ring (bicyclic) bond motifs is 1. The summed E-state index contributed by atoms with van der Waals surface area (Å²) in [5.74, 6) is -0.223. The molecule has 4 heteroatoms. The molecule has 2 rings (SSSR count). The maximum atomic E-state index is 13.3. The molecule has 0 fully saturated rings. The van der Waals surface area contributed by atoms with E-state index in [1.807, 2.05) is 17.8 Å². The molecule has 1 heterocycles. The van der Waals surface area contributed by atoms with E-state index in [0.29, 0.717) is 6.54 Å². The van der Waals surface area contributed by atoms with Crippen molar-refractivity contribution in [2.75, 3.05) is 6.54 Å². The van der Waals surface area contributed by atoms with E-state index in [4.69, 9.17) is 5.73 Å². The Kier molecular flexibility index (Phi) is 2.80. The normalized spacial score (nSPS) is 11.2. The molecular weight excluding hydrogens is 259 g/mol. The van der Waals surface area contributed by atoms with Crippen molar-refractivity contribution < 1.29 is 4.39 Å². The summed E-state index contributed by atoms with van der Waals surface area (Å²) in [6, 6.07) is 3.04. The minimum Gasteiger partial charge on any atom is -0.349 e. The summed E-state index contributed by atoms with van der Waals surface area (Å²) >= 11 is 3.37. The molecule has 0 bridgehead atoms. The number of nitrogens with zero attached hydrogens (tertiary/aromatic N) is 1. The van der Waals surface area contributed by atoms with Crippen LogP contribution in [-0.2, 0) is 13.5 Å². The summed E-state index contributed by atoms with van der Waals surface area (Å²) in [7, 11) is 1.95. The molecule has 0 spiro atoms. The van der Waals surface area contributed by atoms with Crippen molar-refractivity contribution in [1.82, 2.24) is 4.57 Å². The van der Waals surface area contributed by atoms with Crippen LogP contribution in [0.15, 0.2) is 22.8 Å². The zero-order chi connectivity index (χ0) is 11.0. The van der Waals surface area contributed by atoms with E-state index >= 15 is 0 Å². The first kappa shape index (κ1) is 10.6. The Balaban J connectivity index is 2.75. The van der Waals surface area contributed by atoms with E-state index in [9.17, 15) is 4.39 Å². The number of benzene rings is 1. The molecule has 0 saturated carbocycles. The second-order valence-corrected chi connectivity index (χ2v) is 4.44. The third-order valence-electron chi connectivity index (χ3n) is 2.49. The highest BCUT2D eigenvalue weighted by molar-refractivity contribution is 9.10. The molecule has 0 aliphatic carbocycles. The first-order valence-electron chi connectivity index (χ1n) is 4.76. The number of aromatic nitrogens is 1. The monoisotopic (exact) mass is 270 g/mol. The van der Waals surface area contributed by atoms with Gasteiger partial charge < -0.3 is 10.3 Å². The molecule has 0 unspecified atom stereocenters. The molecule has 0 saturated heterocycles. The Morgan fingerprint density at radius 3 is 2.87 bits per heavy atom. The number of halogens is 2. The van der Waals surface area contributed by atoms with Crippen LogP contribution >= 0.6 is 15.9 Å². The van der Waals surface area contributed by atoms with Gasteiger partial charge in [0, 0.05) is 23.1 Å². The summed E-state index contributed by atoms with van der Waals surface area (Å²) in [5.41, 5.74) is 7.63. The second kappa shape index (κ2) is 3.94. The van der Waals surface area contributed by atoms with E-state index < -0.39 is 0 Å². The van der Waals surface area contributed by atoms with Gasteiger partial charge in [0.25, 0.3) is 0 Å². The SMILES string of the molecule is Cn1cc(CCN)c2cc(F)cc(Br)c21. The molecule has 1 aromatic heterocycles. The van der Waals surface area contributed by atoms with Gasteiger partial charge in [-0.2, -0.15) is 0 Å². The van der Waals surface area contributed by atoms with Crippen LogP contribution in [0.2, 0.25) is 0 Å². The number of hydrogen-bond donors (Lipinski definition) is 1. The largest absolute Gasteiger partial charge is 0.349 e. The van der Waals surface area contributed by atoms with Gasteiger partial charge in [-0.15, -0.1) is 0 Å². The third-order valence-corrected chi connectivity index (χ3v) is 3.09. The van der Waals surface area contributed by atoms with Crippen LogP contribution in [0.3, 0.4) is 0 Å². The highest BCUT2D eigenvalue weighted by atomic mass is 79.9. The minimum atomic E-state index is -0.223. The zero-order valence-electron chi connectivity index (χ0n) is 8.43. The molecule has 2 nitrogen and oxygen atoms in total. The third kappa shape index (κ3) is 1.79. The summed E-state index contributed by atoms with van der Waals surface area (Å²) in [6.45, 7) is 0.577. The fraction of sp³-hybridized carbons (Fsp3) is 0.273. The highest BCUT2D eigenvalue weighted by Crippen LogP contribution is 2.29. The number of nitrogens with two attached hydrogens (primary N) is 1. The van der Waals surface area contributed by atoms with E-state index in [1.54, 1.807) is 6.07 Å². The molecule has 0 atom stereocenters. The van der Waals surface area contributed by atoms with Crippen LogP contribution in [-0.4, -0.2) is 11.1 Å². The van der Waals surface area contributed by atoms with Crippen LogP contribution < -0.4 is 5.73 Å². The molecule has 0 aliphatic heterocycles. The van der Waals surface area contributed by atoms with Gasteiger partial charge in [-0.3, -0.25) is 0 Å². The Morgan fingerprint density at radius 1 is 1.47 bits per heavy atom. The topological polar surface area (TPSA) is 30.9 Å². The number of hydrogen-bond acceptors (Lipinski definition) is 1. The molecule has 0 radical (unpaired) electrons. The second-order valence-electron chi connectivity index (χ2n) is 3.59. The van der Waals surface area contributed by atoms with Gasteiger partial charge in [-0.1, -0.05) is 0 Å². The van der Waals surface area contributed by atoms with E-state index in [-0.39, 0.29) is 5.82 Å². The van der Waals surface area contributed by atoms with Crippen LogP contribution in [0, 0.1) is 5.82 Å². The Bertz CT molecular complexity index is 505. The lowest BCUT2D eigenvalue weighted by molar-refractivity contribution is 0.628. The van der Waals surface area contributed by atoms with Crippen LogP contribution in [0.4, 0.5) is 4.39 Å². The lowest BCUT2D eigenvalue weighted by Gasteiger charge is -2.00. The number of aryl methyl sites for hydroxylation is 1.